The molecule has 4 amide bonds. The quantitative estimate of drug-likeness (QED) is 0.519. The van der Waals surface area contributed by atoms with Crippen LogP contribution in [0, 0.1) is 0 Å². The van der Waals surface area contributed by atoms with Gasteiger partial charge in [0.05, 0.1) is 11.3 Å². The molecule has 148 valence electrons. The van der Waals surface area contributed by atoms with Crippen molar-refractivity contribution < 1.29 is 28.7 Å². The van der Waals surface area contributed by atoms with Gasteiger partial charge in [-0.2, -0.15) is 0 Å². The van der Waals surface area contributed by atoms with E-state index in [9.17, 15) is 24.0 Å². The second kappa shape index (κ2) is 9.01. The lowest BCUT2D eigenvalue weighted by Gasteiger charge is -2.15. The summed E-state index contributed by atoms with van der Waals surface area (Å²) in [7, 11) is 0. The first-order chi connectivity index (χ1) is 13.5. The molecule has 0 aliphatic carbocycles. The van der Waals surface area contributed by atoms with E-state index in [1.807, 2.05) is 0 Å². The Morgan fingerprint density at radius 1 is 0.929 bits per heavy atom. The molecule has 0 bridgehead atoms. The number of amides is 4. The van der Waals surface area contributed by atoms with Crippen LogP contribution in [0.2, 0.25) is 0 Å². The Labute approximate surface area is 166 Å². The molecule has 2 aliphatic rings. The van der Waals surface area contributed by atoms with Gasteiger partial charge in [0.25, 0.3) is 5.91 Å². The summed E-state index contributed by atoms with van der Waals surface area (Å²) in [5.41, 5.74) is 0.230. The molecule has 3 rings (SSSR count). The minimum absolute atomic E-state index is 0.0250. The molecule has 1 aromatic rings. The minimum Gasteiger partial charge on any atom is -0.452 e. The van der Waals surface area contributed by atoms with E-state index in [-0.39, 0.29) is 29.0 Å². The third kappa shape index (κ3) is 4.59. The summed E-state index contributed by atoms with van der Waals surface area (Å²) in [6.45, 7) is 0.267. The van der Waals surface area contributed by atoms with Gasteiger partial charge in [0.1, 0.15) is 0 Å². The van der Waals surface area contributed by atoms with Gasteiger partial charge >= 0.3 is 5.97 Å². The Morgan fingerprint density at radius 3 is 2.14 bits per heavy atom. The van der Waals surface area contributed by atoms with Gasteiger partial charge in [0.15, 0.2) is 6.61 Å². The highest BCUT2D eigenvalue weighted by Gasteiger charge is 2.28. The van der Waals surface area contributed by atoms with Gasteiger partial charge in [0.2, 0.25) is 17.7 Å². The normalized spacial score (nSPS) is 16.6. The lowest BCUT2D eigenvalue weighted by atomic mass is 10.2. The smallest absolute Gasteiger partial charge is 0.339 e. The molecule has 8 nitrogen and oxygen atoms in total. The number of carbonyl (C=O) groups is 5. The van der Waals surface area contributed by atoms with Crippen molar-refractivity contribution in [3.63, 3.8) is 0 Å². The van der Waals surface area contributed by atoms with Crippen molar-refractivity contribution in [2.75, 3.05) is 25.4 Å². The molecule has 28 heavy (non-hydrogen) atoms. The molecule has 0 spiro atoms. The van der Waals surface area contributed by atoms with Crippen LogP contribution >= 0.6 is 11.8 Å². The molecule has 0 N–H and O–H groups in total. The van der Waals surface area contributed by atoms with Crippen molar-refractivity contribution in [2.45, 2.75) is 30.6 Å². The third-order valence-electron chi connectivity index (χ3n) is 4.53. The van der Waals surface area contributed by atoms with E-state index in [4.69, 9.17) is 4.74 Å². The van der Waals surface area contributed by atoms with Gasteiger partial charge < -0.3 is 4.74 Å². The van der Waals surface area contributed by atoms with Crippen LogP contribution in [-0.4, -0.2) is 64.8 Å². The Balaban J connectivity index is 1.57. The highest BCUT2D eigenvalue weighted by molar-refractivity contribution is 8.00. The predicted molar refractivity (Wildman–Crippen MR) is 99.4 cm³/mol. The summed E-state index contributed by atoms with van der Waals surface area (Å²) in [6.07, 6.45) is 2.00. The average Bonchev–Trinajstić information content (AvgIpc) is 3.32. The fourth-order valence-corrected chi connectivity index (χ4v) is 4.00. The number of esters is 1. The number of hydrogen-bond acceptors (Lipinski definition) is 7. The Morgan fingerprint density at radius 2 is 1.54 bits per heavy atom. The average molecular weight is 404 g/mol. The summed E-state index contributed by atoms with van der Waals surface area (Å²) < 4.78 is 5.07. The molecule has 2 saturated heterocycles. The van der Waals surface area contributed by atoms with Gasteiger partial charge in [-0.25, -0.2) is 4.79 Å². The molecule has 9 heteroatoms. The predicted octanol–water partition coefficient (Wildman–Crippen LogP) is 1.23. The largest absolute Gasteiger partial charge is 0.452 e. The first-order valence-corrected chi connectivity index (χ1v) is 10.0. The molecule has 0 saturated carbocycles. The molecular weight excluding hydrogens is 384 g/mol. The number of ether oxygens (including phenoxy) is 1. The Bertz CT molecular complexity index is 824. The summed E-state index contributed by atoms with van der Waals surface area (Å²) in [4.78, 5) is 62.6. The highest BCUT2D eigenvalue weighted by atomic mass is 32.2. The highest BCUT2D eigenvalue weighted by Crippen LogP contribution is 2.24. The van der Waals surface area contributed by atoms with Crippen LogP contribution in [-0.2, 0) is 23.9 Å². The monoisotopic (exact) mass is 404 g/mol. The van der Waals surface area contributed by atoms with E-state index in [1.165, 1.54) is 4.90 Å². The van der Waals surface area contributed by atoms with Crippen LogP contribution in [0.1, 0.15) is 36.0 Å². The number of likely N-dealkylation sites (tertiary alicyclic amines) is 2. The van der Waals surface area contributed by atoms with Crippen LogP contribution in [0.5, 0.6) is 0 Å². The first kappa shape index (κ1) is 20.1. The molecule has 2 aliphatic heterocycles. The molecule has 2 fully saturated rings. The van der Waals surface area contributed by atoms with E-state index >= 15 is 0 Å². The van der Waals surface area contributed by atoms with Crippen LogP contribution in [0.15, 0.2) is 29.2 Å². The molecule has 1 aromatic carbocycles. The number of carbonyl (C=O) groups excluding carboxylic acids is 5. The van der Waals surface area contributed by atoms with Gasteiger partial charge in [0, 0.05) is 30.8 Å². The van der Waals surface area contributed by atoms with E-state index in [0.29, 0.717) is 43.7 Å². The van der Waals surface area contributed by atoms with Gasteiger partial charge in [-0.05, 0) is 25.0 Å². The maximum atomic E-state index is 12.4. The number of thioether (sulfide) groups is 1. The Kier molecular flexibility index (Phi) is 6.45. The van der Waals surface area contributed by atoms with Crippen molar-refractivity contribution in [2.24, 2.45) is 0 Å². The lowest BCUT2D eigenvalue weighted by Crippen LogP contribution is -2.35. The number of nitrogens with zero attached hydrogens (tertiary/aromatic N) is 2. The van der Waals surface area contributed by atoms with Gasteiger partial charge in [-0.3, -0.25) is 29.0 Å². The standard InChI is InChI=1S/C19H20N2O6S/c22-15-7-3-9-20(15)17(24)11-27-19(26)13-5-1-2-6-14(13)28-12-18(25)21-10-4-8-16(21)23/h1-2,5-6H,3-4,7-12H2. The Hall–Kier alpha value is -2.68. The zero-order chi connectivity index (χ0) is 20.1. The van der Waals surface area contributed by atoms with Crippen LogP contribution < -0.4 is 0 Å². The maximum Gasteiger partial charge on any atom is 0.339 e. The van der Waals surface area contributed by atoms with E-state index < -0.39 is 18.5 Å². The molecule has 0 unspecified atom stereocenters. The van der Waals surface area contributed by atoms with Gasteiger partial charge in [-0.15, -0.1) is 11.8 Å². The van der Waals surface area contributed by atoms with Crippen molar-refractivity contribution in [1.82, 2.24) is 9.80 Å². The SMILES string of the molecule is O=C(OCC(=O)N1CCCC1=O)c1ccccc1SCC(=O)N1CCCC1=O. The fourth-order valence-electron chi connectivity index (χ4n) is 3.09. The van der Waals surface area contributed by atoms with Crippen LogP contribution in [0.25, 0.3) is 0 Å². The second-order valence-electron chi connectivity index (χ2n) is 6.45. The maximum absolute atomic E-state index is 12.4. The number of benzene rings is 1. The number of hydrogen-bond donors (Lipinski definition) is 0. The number of imide groups is 2. The first-order valence-electron chi connectivity index (χ1n) is 9.02. The molecule has 2 heterocycles. The van der Waals surface area contributed by atoms with Crippen molar-refractivity contribution >= 4 is 41.4 Å². The molecular formula is C19H20N2O6S. The van der Waals surface area contributed by atoms with Crippen molar-refractivity contribution in [3.05, 3.63) is 29.8 Å². The van der Waals surface area contributed by atoms with Gasteiger partial charge in [-0.1, -0.05) is 12.1 Å². The van der Waals surface area contributed by atoms with E-state index in [2.05, 4.69) is 0 Å². The third-order valence-corrected chi connectivity index (χ3v) is 5.59. The number of rotatable bonds is 6. The van der Waals surface area contributed by atoms with Crippen molar-refractivity contribution in [1.29, 1.82) is 0 Å². The van der Waals surface area contributed by atoms with E-state index in [1.54, 1.807) is 24.3 Å². The second-order valence-corrected chi connectivity index (χ2v) is 7.46. The molecule has 0 aromatic heterocycles. The minimum atomic E-state index is -0.701. The lowest BCUT2D eigenvalue weighted by molar-refractivity contribution is -0.144. The summed E-state index contributed by atoms with van der Waals surface area (Å²) in [5, 5.41) is 0. The topological polar surface area (TPSA) is 101 Å². The van der Waals surface area contributed by atoms with Crippen molar-refractivity contribution in [3.8, 4) is 0 Å². The molecule has 0 atom stereocenters. The van der Waals surface area contributed by atoms with Crippen LogP contribution in [0.4, 0.5) is 0 Å². The van der Waals surface area contributed by atoms with Crippen LogP contribution in [0.3, 0.4) is 0 Å². The zero-order valence-electron chi connectivity index (χ0n) is 15.2. The fraction of sp³-hybridized carbons (Fsp3) is 0.421. The summed E-state index contributed by atoms with van der Waals surface area (Å²) >= 11 is 1.14. The summed E-state index contributed by atoms with van der Waals surface area (Å²) in [6, 6.07) is 6.59. The molecule has 0 radical (unpaired) electrons. The van der Waals surface area contributed by atoms with E-state index in [0.717, 1.165) is 16.7 Å². The summed E-state index contributed by atoms with van der Waals surface area (Å²) in [5.74, 6) is -1.94. The zero-order valence-corrected chi connectivity index (χ0v) is 16.0.